The Labute approximate surface area is 142 Å². The van der Waals surface area contributed by atoms with E-state index in [0.717, 1.165) is 5.69 Å². The second-order valence-electron chi connectivity index (χ2n) is 4.70. The molecule has 7 heteroatoms. The molecule has 3 rings (SSSR count). The number of hydrogen-bond donors (Lipinski definition) is 2. The van der Waals surface area contributed by atoms with Crippen molar-refractivity contribution < 1.29 is 4.79 Å². The van der Waals surface area contributed by atoms with Crippen LogP contribution in [0.25, 0.3) is 5.69 Å². The van der Waals surface area contributed by atoms with Gasteiger partial charge in [-0.3, -0.25) is 0 Å². The second kappa shape index (κ2) is 6.73. The maximum absolute atomic E-state index is 12.2. The Bertz CT molecular complexity index is 834. The van der Waals surface area contributed by atoms with E-state index in [1.54, 1.807) is 36.9 Å². The number of carbonyl (C=O) groups is 1. The first-order chi connectivity index (χ1) is 11.1. The van der Waals surface area contributed by atoms with Gasteiger partial charge < -0.3 is 15.2 Å². The molecule has 0 atom stereocenters. The van der Waals surface area contributed by atoms with Gasteiger partial charge in [-0.2, -0.15) is 0 Å². The van der Waals surface area contributed by atoms with Crippen LogP contribution in [0.15, 0.2) is 61.2 Å². The number of rotatable bonds is 3. The highest BCUT2D eigenvalue weighted by Gasteiger charge is 2.08. The first-order valence-electron chi connectivity index (χ1n) is 6.74. The smallest absolute Gasteiger partial charge is 0.308 e. The summed E-state index contributed by atoms with van der Waals surface area (Å²) in [7, 11) is 0. The number of halogens is 2. The van der Waals surface area contributed by atoms with Gasteiger partial charge in [0.15, 0.2) is 0 Å². The van der Waals surface area contributed by atoms with E-state index in [4.69, 9.17) is 23.2 Å². The second-order valence-corrected chi connectivity index (χ2v) is 5.51. The van der Waals surface area contributed by atoms with E-state index in [9.17, 15) is 4.79 Å². The molecule has 0 bridgehead atoms. The third kappa shape index (κ3) is 3.64. The molecule has 0 spiro atoms. The number of aromatic nitrogens is 2. The highest BCUT2D eigenvalue weighted by molar-refractivity contribution is 6.42. The highest BCUT2D eigenvalue weighted by Crippen LogP contribution is 2.25. The fraction of sp³-hybridized carbons (Fsp3) is 0. The monoisotopic (exact) mass is 346 g/mol. The number of imidazole rings is 1. The average molecular weight is 347 g/mol. The summed E-state index contributed by atoms with van der Waals surface area (Å²) in [5.41, 5.74) is 2.02. The normalized spacial score (nSPS) is 10.3. The van der Waals surface area contributed by atoms with E-state index in [0.29, 0.717) is 21.4 Å². The van der Waals surface area contributed by atoms with Crippen molar-refractivity contribution in [3.05, 3.63) is 71.2 Å². The standard InChI is InChI=1S/C16H12Cl2N4O/c17-12-6-5-11(9-13(12)18)20-16(23)21-14-3-1-2-4-15(14)22-8-7-19-10-22/h1-10H,(H2,20,21,23). The molecule has 2 aromatic carbocycles. The van der Waals surface area contributed by atoms with Crippen LogP contribution in [0.4, 0.5) is 16.2 Å². The van der Waals surface area contributed by atoms with Gasteiger partial charge in [-0.1, -0.05) is 35.3 Å². The quantitative estimate of drug-likeness (QED) is 0.713. The minimum absolute atomic E-state index is 0.378. The molecule has 5 nitrogen and oxygen atoms in total. The molecule has 0 aliphatic rings. The zero-order valence-corrected chi connectivity index (χ0v) is 13.3. The van der Waals surface area contributed by atoms with Gasteiger partial charge in [-0.15, -0.1) is 0 Å². The van der Waals surface area contributed by atoms with Gasteiger partial charge in [-0.25, -0.2) is 9.78 Å². The van der Waals surface area contributed by atoms with Crippen molar-refractivity contribution in [3.8, 4) is 5.69 Å². The molecule has 2 amide bonds. The lowest BCUT2D eigenvalue weighted by Gasteiger charge is -2.12. The van der Waals surface area contributed by atoms with Gasteiger partial charge in [-0.05, 0) is 30.3 Å². The maximum Gasteiger partial charge on any atom is 0.323 e. The number of hydrogen-bond acceptors (Lipinski definition) is 2. The molecule has 0 radical (unpaired) electrons. The number of carbonyl (C=O) groups excluding carboxylic acids is 1. The summed E-state index contributed by atoms with van der Waals surface area (Å²) >= 11 is 11.8. The van der Waals surface area contributed by atoms with Crippen LogP contribution in [-0.2, 0) is 0 Å². The molecular formula is C16H12Cl2N4O. The first-order valence-corrected chi connectivity index (χ1v) is 7.49. The van der Waals surface area contributed by atoms with Crippen molar-refractivity contribution in [2.24, 2.45) is 0 Å². The van der Waals surface area contributed by atoms with Crippen LogP contribution in [0.1, 0.15) is 0 Å². The first kappa shape index (κ1) is 15.4. The Morgan fingerprint density at radius 1 is 1.04 bits per heavy atom. The Hall–Kier alpha value is -2.50. The molecule has 1 heterocycles. The van der Waals surface area contributed by atoms with Crippen molar-refractivity contribution in [1.82, 2.24) is 9.55 Å². The maximum atomic E-state index is 12.2. The lowest BCUT2D eigenvalue weighted by Crippen LogP contribution is -2.20. The zero-order chi connectivity index (χ0) is 16.2. The Balaban J connectivity index is 1.77. The lowest BCUT2D eigenvalue weighted by atomic mass is 10.2. The van der Waals surface area contributed by atoms with Crippen LogP contribution >= 0.6 is 23.2 Å². The molecule has 0 unspecified atom stereocenters. The summed E-state index contributed by atoms with van der Waals surface area (Å²) in [6.45, 7) is 0. The number of para-hydroxylation sites is 2. The number of amides is 2. The highest BCUT2D eigenvalue weighted by atomic mass is 35.5. The van der Waals surface area contributed by atoms with E-state index in [1.165, 1.54) is 0 Å². The van der Waals surface area contributed by atoms with E-state index in [-0.39, 0.29) is 6.03 Å². The molecule has 0 saturated heterocycles. The third-order valence-corrected chi connectivity index (χ3v) is 3.85. The number of anilines is 2. The van der Waals surface area contributed by atoms with Gasteiger partial charge in [0, 0.05) is 18.1 Å². The summed E-state index contributed by atoms with van der Waals surface area (Å²) in [4.78, 5) is 16.2. The Kier molecular flexibility index (Phi) is 4.50. The summed E-state index contributed by atoms with van der Waals surface area (Å²) in [6.07, 6.45) is 5.14. The zero-order valence-electron chi connectivity index (χ0n) is 11.8. The topological polar surface area (TPSA) is 59.0 Å². The molecule has 0 saturated carbocycles. The summed E-state index contributed by atoms with van der Waals surface area (Å²) in [6, 6.07) is 11.9. The van der Waals surface area contributed by atoms with Crippen molar-refractivity contribution >= 4 is 40.6 Å². The molecule has 0 aliphatic carbocycles. The SMILES string of the molecule is O=C(Nc1ccc(Cl)c(Cl)c1)Nc1ccccc1-n1ccnc1. The van der Waals surface area contributed by atoms with Gasteiger partial charge in [0.2, 0.25) is 0 Å². The Morgan fingerprint density at radius 3 is 2.61 bits per heavy atom. The summed E-state index contributed by atoms with van der Waals surface area (Å²) in [5, 5.41) is 6.33. The van der Waals surface area contributed by atoms with Gasteiger partial charge in [0.1, 0.15) is 0 Å². The van der Waals surface area contributed by atoms with Gasteiger partial charge in [0.05, 0.1) is 27.7 Å². The number of nitrogens with one attached hydrogen (secondary N) is 2. The van der Waals surface area contributed by atoms with E-state index in [1.807, 2.05) is 28.8 Å². The van der Waals surface area contributed by atoms with Crippen molar-refractivity contribution in [2.75, 3.05) is 10.6 Å². The van der Waals surface area contributed by atoms with E-state index >= 15 is 0 Å². The van der Waals surface area contributed by atoms with Gasteiger partial charge >= 0.3 is 6.03 Å². The van der Waals surface area contributed by atoms with Crippen LogP contribution in [-0.4, -0.2) is 15.6 Å². The number of nitrogens with zero attached hydrogens (tertiary/aromatic N) is 2. The summed E-state index contributed by atoms with van der Waals surface area (Å²) < 4.78 is 1.81. The minimum atomic E-state index is -0.379. The molecule has 0 fully saturated rings. The van der Waals surface area contributed by atoms with Crippen LogP contribution in [0.2, 0.25) is 10.0 Å². The van der Waals surface area contributed by atoms with Crippen molar-refractivity contribution in [2.45, 2.75) is 0 Å². The third-order valence-electron chi connectivity index (χ3n) is 3.11. The molecule has 3 aromatic rings. The molecule has 1 aromatic heterocycles. The predicted molar refractivity (Wildman–Crippen MR) is 92.7 cm³/mol. The fourth-order valence-electron chi connectivity index (χ4n) is 2.06. The number of benzene rings is 2. The van der Waals surface area contributed by atoms with E-state index in [2.05, 4.69) is 15.6 Å². The minimum Gasteiger partial charge on any atom is -0.308 e. The van der Waals surface area contributed by atoms with Crippen molar-refractivity contribution in [1.29, 1.82) is 0 Å². The molecular weight excluding hydrogens is 335 g/mol. The summed E-state index contributed by atoms with van der Waals surface area (Å²) in [5.74, 6) is 0. The van der Waals surface area contributed by atoms with Crippen LogP contribution in [0.5, 0.6) is 0 Å². The largest absolute Gasteiger partial charge is 0.323 e. The Morgan fingerprint density at radius 2 is 1.87 bits per heavy atom. The lowest BCUT2D eigenvalue weighted by molar-refractivity contribution is 0.262. The number of urea groups is 1. The average Bonchev–Trinajstić information content (AvgIpc) is 3.06. The fourth-order valence-corrected chi connectivity index (χ4v) is 2.36. The molecule has 0 aliphatic heterocycles. The van der Waals surface area contributed by atoms with Crippen LogP contribution < -0.4 is 10.6 Å². The van der Waals surface area contributed by atoms with Crippen LogP contribution in [0.3, 0.4) is 0 Å². The molecule has 2 N–H and O–H groups in total. The van der Waals surface area contributed by atoms with E-state index < -0.39 is 0 Å². The predicted octanol–water partition coefficient (Wildman–Crippen LogP) is 4.82. The molecule has 116 valence electrons. The van der Waals surface area contributed by atoms with Crippen LogP contribution in [0, 0.1) is 0 Å². The molecule has 23 heavy (non-hydrogen) atoms. The van der Waals surface area contributed by atoms with Crippen molar-refractivity contribution in [3.63, 3.8) is 0 Å². The van der Waals surface area contributed by atoms with Gasteiger partial charge in [0.25, 0.3) is 0 Å².